The van der Waals surface area contributed by atoms with E-state index in [1.54, 1.807) is 32.4 Å². The van der Waals surface area contributed by atoms with Crippen LogP contribution in [0.25, 0.3) is 6.08 Å². The number of hydrogen-bond acceptors (Lipinski definition) is 9. The van der Waals surface area contributed by atoms with Crippen molar-refractivity contribution in [1.29, 1.82) is 0 Å². The molecule has 0 saturated carbocycles. The summed E-state index contributed by atoms with van der Waals surface area (Å²) in [7, 11) is 3.10. The van der Waals surface area contributed by atoms with Gasteiger partial charge in [-0.3, -0.25) is 19.8 Å². The molecule has 0 bridgehead atoms. The highest BCUT2D eigenvalue weighted by Crippen LogP contribution is 2.34. The molecule has 0 aliphatic carbocycles. The Labute approximate surface area is 194 Å². The molecule has 1 aliphatic heterocycles. The normalized spacial score (nSPS) is 15.1. The van der Waals surface area contributed by atoms with E-state index in [-0.39, 0.29) is 18.4 Å². The zero-order chi connectivity index (χ0) is 22.5. The topological polar surface area (TPSA) is 93.6 Å². The third-order valence-electron chi connectivity index (χ3n) is 4.18. The van der Waals surface area contributed by atoms with Crippen molar-refractivity contribution in [1.82, 2.24) is 15.1 Å². The van der Waals surface area contributed by atoms with Gasteiger partial charge in [-0.1, -0.05) is 55.2 Å². The minimum atomic E-state index is -0.379. The molecule has 1 N–H and O–H groups in total. The number of methoxy groups -OCH3 is 2. The van der Waals surface area contributed by atoms with E-state index in [2.05, 4.69) is 29.4 Å². The Kier molecular flexibility index (Phi) is 7.63. The summed E-state index contributed by atoms with van der Waals surface area (Å²) in [6.45, 7) is 3.99. The summed E-state index contributed by atoms with van der Waals surface area (Å²) in [5.74, 6) is 0.898. The second kappa shape index (κ2) is 10.2. The van der Waals surface area contributed by atoms with Gasteiger partial charge < -0.3 is 9.47 Å². The third kappa shape index (κ3) is 5.81. The number of nitrogens with zero attached hydrogens (tertiary/aromatic N) is 3. The van der Waals surface area contributed by atoms with Gasteiger partial charge in [0.05, 0.1) is 19.1 Å². The van der Waals surface area contributed by atoms with Crippen molar-refractivity contribution in [2.45, 2.75) is 20.3 Å². The number of ether oxygens (including phenoxy) is 2. The molecule has 1 aromatic heterocycles. The summed E-state index contributed by atoms with van der Waals surface area (Å²) in [5.41, 5.74) is 0.758. The highest BCUT2D eigenvalue weighted by atomic mass is 32.2. The SMILES string of the molecule is COc1ccc(/C=C2\SC(=S)N(CC(=O)Nc3nnc(CC(C)C)s3)C2=O)cc1OC. The number of amides is 2. The average Bonchev–Trinajstić information content (AvgIpc) is 3.26. The summed E-state index contributed by atoms with van der Waals surface area (Å²) in [4.78, 5) is 26.9. The highest BCUT2D eigenvalue weighted by Gasteiger charge is 2.33. The van der Waals surface area contributed by atoms with E-state index < -0.39 is 0 Å². The van der Waals surface area contributed by atoms with Gasteiger partial charge in [0.2, 0.25) is 11.0 Å². The number of carbonyl (C=O) groups excluding carboxylic acids is 2. The molecule has 0 unspecified atom stereocenters. The van der Waals surface area contributed by atoms with Gasteiger partial charge in [-0.25, -0.2) is 0 Å². The molecule has 3 rings (SSSR count). The molecule has 1 saturated heterocycles. The lowest BCUT2D eigenvalue weighted by molar-refractivity contribution is -0.126. The number of aromatic nitrogens is 2. The quantitative estimate of drug-likeness (QED) is 0.454. The lowest BCUT2D eigenvalue weighted by Crippen LogP contribution is -2.36. The summed E-state index contributed by atoms with van der Waals surface area (Å²) in [6, 6.07) is 5.33. The predicted molar refractivity (Wildman–Crippen MR) is 127 cm³/mol. The Morgan fingerprint density at radius 2 is 2.00 bits per heavy atom. The average molecular weight is 479 g/mol. The Morgan fingerprint density at radius 1 is 1.26 bits per heavy atom. The zero-order valence-electron chi connectivity index (χ0n) is 17.5. The molecule has 0 spiro atoms. The van der Waals surface area contributed by atoms with Crippen LogP contribution in [-0.2, 0) is 16.0 Å². The molecule has 2 aromatic rings. The van der Waals surface area contributed by atoms with Gasteiger partial charge >= 0.3 is 0 Å². The van der Waals surface area contributed by atoms with Crippen LogP contribution in [0.4, 0.5) is 5.13 Å². The molecule has 0 atom stereocenters. The largest absolute Gasteiger partial charge is 0.493 e. The van der Waals surface area contributed by atoms with Gasteiger partial charge in [0.15, 0.2) is 11.5 Å². The maximum absolute atomic E-state index is 12.8. The van der Waals surface area contributed by atoms with Crippen LogP contribution < -0.4 is 14.8 Å². The van der Waals surface area contributed by atoms with Gasteiger partial charge in [-0.05, 0) is 29.7 Å². The minimum Gasteiger partial charge on any atom is -0.493 e. The van der Waals surface area contributed by atoms with Crippen LogP contribution in [0.5, 0.6) is 11.5 Å². The van der Waals surface area contributed by atoms with Crippen molar-refractivity contribution in [3.8, 4) is 11.5 Å². The summed E-state index contributed by atoms with van der Waals surface area (Å²) in [5, 5.41) is 12.0. The van der Waals surface area contributed by atoms with Crippen molar-refractivity contribution >= 4 is 62.7 Å². The Bertz CT molecular complexity index is 1040. The van der Waals surface area contributed by atoms with Crippen molar-refractivity contribution in [2.75, 3.05) is 26.1 Å². The van der Waals surface area contributed by atoms with Gasteiger partial charge in [0.25, 0.3) is 5.91 Å². The molecule has 31 heavy (non-hydrogen) atoms. The fraction of sp³-hybridized carbons (Fsp3) is 0.350. The fourth-order valence-electron chi connectivity index (χ4n) is 2.77. The molecule has 1 fully saturated rings. The number of thiocarbonyl (C=S) groups is 1. The van der Waals surface area contributed by atoms with Crippen LogP contribution in [0.15, 0.2) is 23.1 Å². The van der Waals surface area contributed by atoms with Crippen molar-refractivity contribution in [3.05, 3.63) is 33.7 Å². The fourth-order valence-corrected chi connectivity index (χ4v) is 4.99. The summed E-state index contributed by atoms with van der Waals surface area (Å²) in [6.07, 6.45) is 2.51. The van der Waals surface area contributed by atoms with E-state index in [0.717, 1.165) is 28.8 Å². The van der Waals surface area contributed by atoms with Crippen LogP contribution in [-0.4, -0.2) is 52.0 Å². The zero-order valence-corrected chi connectivity index (χ0v) is 19.9. The van der Waals surface area contributed by atoms with E-state index in [1.165, 1.54) is 16.2 Å². The van der Waals surface area contributed by atoms with E-state index in [4.69, 9.17) is 21.7 Å². The second-order valence-electron chi connectivity index (χ2n) is 7.03. The molecule has 8 nitrogen and oxygen atoms in total. The van der Waals surface area contributed by atoms with Crippen LogP contribution in [0, 0.1) is 5.92 Å². The summed E-state index contributed by atoms with van der Waals surface area (Å²) >= 11 is 7.79. The molecule has 164 valence electrons. The van der Waals surface area contributed by atoms with Crippen LogP contribution >= 0.6 is 35.3 Å². The van der Waals surface area contributed by atoms with Crippen LogP contribution in [0.1, 0.15) is 24.4 Å². The molecule has 2 heterocycles. The number of nitrogens with one attached hydrogen (secondary N) is 1. The van der Waals surface area contributed by atoms with Crippen molar-refractivity contribution in [2.24, 2.45) is 5.92 Å². The van der Waals surface area contributed by atoms with Crippen molar-refractivity contribution in [3.63, 3.8) is 0 Å². The van der Waals surface area contributed by atoms with Gasteiger partial charge in [-0.2, -0.15) is 0 Å². The number of benzene rings is 1. The first-order valence-corrected chi connectivity index (χ1v) is 11.4. The Balaban J connectivity index is 1.66. The first-order valence-electron chi connectivity index (χ1n) is 9.40. The van der Waals surface area contributed by atoms with E-state index in [9.17, 15) is 9.59 Å². The lowest BCUT2D eigenvalue weighted by atomic mass is 10.1. The monoisotopic (exact) mass is 478 g/mol. The van der Waals surface area contributed by atoms with Crippen LogP contribution in [0.2, 0.25) is 0 Å². The molecular formula is C20H22N4O4S3. The smallest absolute Gasteiger partial charge is 0.266 e. The highest BCUT2D eigenvalue weighted by molar-refractivity contribution is 8.26. The number of thioether (sulfide) groups is 1. The number of hydrogen-bond donors (Lipinski definition) is 1. The molecule has 11 heteroatoms. The van der Waals surface area contributed by atoms with E-state index >= 15 is 0 Å². The lowest BCUT2D eigenvalue weighted by Gasteiger charge is -2.13. The maximum atomic E-state index is 12.8. The van der Waals surface area contributed by atoms with Crippen LogP contribution in [0.3, 0.4) is 0 Å². The summed E-state index contributed by atoms with van der Waals surface area (Å²) < 4.78 is 10.9. The predicted octanol–water partition coefficient (Wildman–Crippen LogP) is 3.59. The number of anilines is 1. The third-order valence-corrected chi connectivity index (χ3v) is 6.42. The molecule has 0 radical (unpaired) electrons. The standard InChI is InChI=1S/C20H22N4O4S3/c1-11(2)7-17-22-23-19(31-17)21-16(25)10-24-18(26)15(30-20(24)29)9-12-5-6-13(27-3)14(8-12)28-4/h5-6,8-9,11H,7,10H2,1-4H3,(H,21,23,25)/b15-9-. The maximum Gasteiger partial charge on any atom is 0.266 e. The van der Waals surface area contributed by atoms with Gasteiger partial charge in [0.1, 0.15) is 15.9 Å². The minimum absolute atomic E-state index is 0.187. The number of rotatable bonds is 8. The van der Waals surface area contributed by atoms with E-state index in [0.29, 0.717) is 31.8 Å². The Hall–Kier alpha value is -2.50. The molecule has 1 aliphatic rings. The molecule has 1 aromatic carbocycles. The first kappa shape index (κ1) is 23.2. The first-order chi connectivity index (χ1) is 14.8. The van der Waals surface area contributed by atoms with E-state index in [1.807, 2.05) is 6.07 Å². The molecule has 2 amide bonds. The molecular weight excluding hydrogens is 456 g/mol. The van der Waals surface area contributed by atoms with Gasteiger partial charge in [0, 0.05) is 6.42 Å². The Morgan fingerprint density at radius 3 is 2.68 bits per heavy atom. The van der Waals surface area contributed by atoms with Gasteiger partial charge in [-0.15, -0.1) is 10.2 Å². The second-order valence-corrected chi connectivity index (χ2v) is 9.77. The number of carbonyl (C=O) groups is 2. The van der Waals surface area contributed by atoms with Crippen molar-refractivity contribution < 1.29 is 19.1 Å².